The molecule has 0 aromatic rings. The van der Waals surface area contributed by atoms with Crippen LogP contribution in [0.3, 0.4) is 0 Å². The molecule has 1 rings (SSSR count). The first-order chi connectivity index (χ1) is 9.17. The number of hydrogen-bond donors (Lipinski definition) is 2. The van der Waals surface area contributed by atoms with E-state index in [0.29, 0.717) is 6.04 Å². The highest BCUT2D eigenvalue weighted by Gasteiger charge is 2.24. The largest absolute Gasteiger partial charge is 0.365 e. The fourth-order valence-corrected chi connectivity index (χ4v) is 2.38. The molecule has 4 nitrogen and oxygen atoms in total. The molecular formula is C15H26N2O2. The third kappa shape index (κ3) is 6.09. The first kappa shape index (κ1) is 16.0. The lowest BCUT2D eigenvalue weighted by Gasteiger charge is -2.30. The van der Waals surface area contributed by atoms with Crippen LogP contribution in [0.4, 0.5) is 0 Å². The molecule has 108 valence electrons. The normalized spacial score (nSPS) is 24.5. The summed E-state index contributed by atoms with van der Waals surface area (Å²) in [6, 6.07) is 0.616. The van der Waals surface area contributed by atoms with Gasteiger partial charge in [0, 0.05) is 6.04 Å². The lowest BCUT2D eigenvalue weighted by Crippen LogP contribution is -2.40. The van der Waals surface area contributed by atoms with Gasteiger partial charge in [-0.15, -0.1) is 6.42 Å². The summed E-state index contributed by atoms with van der Waals surface area (Å²) in [5.41, 5.74) is 0. The van der Waals surface area contributed by atoms with E-state index in [1.165, 1.54) is 6.42 Å². The van der Waals surface area contributed by atoms with Gasteiger partial charge in [-0.1, -0.05) is 12.8 Å². The third-order valence-corrected chi connectivity index (χ3v) is 3.49. The summed E-state index contributed by atoms with van der Waals surface area (Å²) in [6.07, 6.45) is 10.4. The zero-order valence-corrected chi connectivity index (χ0v) is 12.1. The maximum absolute atomic E-state index is 11.6. The van der Waals surface area contributed by atoms with E-state index in [0.717, 1.165) is 32.2 Å². The maximum atomic E-state index is 11.6. The van der Waals surface area contributed by atoms with Crippen LogP contribution < -0.4 is 10.6 Å². The van der Waals surface area contributed by atoms with Crippen molar-refractivity contribution < 1.29 is 9.53 Å². The molecule has 0 bridgehead atoms. The van der Waals surface area contributed by atoms with Gasteiger partial charge in [-0.2, -0.15) is 0 Å². The zero-order chi connectivity index (χ0) is 14.1. The Morgan fingerprint density at radius 1 is 1.42 bits per heavy atom. The number of rotatable bonds is 7. The highest BCUT2D eigenvalue weighted by atomic mass is 16.5. The van der Waals surface area contributed by atoms with Crippen LogP contribution in [0.25, 0.3) is 0 Å². The van der Waals surface area contributed by atoms with Gasteiger partial charge < -0.3 is 15.4 Å². The Labute approximate surface area is 116 Å². The van der Waals surface area contributed by atoms with E-state index in [9.17, 15) is 4.79 Å². The van der Waals surface area contributed by atoms with Crippen molar-refractivity contribution in [1.29, 1.82) is 0 Å². The summed E-state index contributed by atoms with van der Waals surface area (Å²) in [7, 11) is 0. The average Bonchev–Trinajstić information content (AvgIpc) is 2.43. The van der Waals surface area contributed by atoms with Gasteiger partial charge in [0.2, 0.25) is 5.91 Å². The van der Waals surface area contributed by atoms with Crippen LogP contribution in [-0.2, 0) is 9.53 Å². The minimum absolute atomic E-state index is 0.121. The molecule has 0 saturated heterocycles. The van der Waals surface area contributed by atoms with Crippen molar-refractivity contribution in [3.05, 3.63) is 0 Å². The molecule has 1 atom stereocenters. The summed E-state index contributed by atoms with van der Waals surface area (Å²) in [5.74, 6) is 2.27. The SMILES string of the molecule is C#CCNC(=O)C(C)OC1CCC(NCCC)CC1. The second kappa shape index (κ2) is 8.95. The summed E-state index contributed by atoms with van der Waals surface area (Å²) < 4.78 is 5.79. The van der Waals surface area contributed by atoms with E-state index in [2.05, 4.69) is 23.5 Å². The highest BCUT2D eigenvalue weighted by molar-refractivity contribution is 5.80. The van der Waals surface area contributed by atoms with Crippen LogP contribution >= 0.6 is 0 Å². The van der Waals surface area contributed by atoms with Gasteiger partial charge in [0.05, 0.1) is 12.6 Å². The van der Waals surface area contributed by atoms with Gasteiger partial charge in [-0.3, -0.25) is 4.79 Å². The average molecular weight is 266 g/mol. The molecule has 19 heavy (non-hydrogen) atoms. The molecule has 0 spiro atoms. The van der Waals surface area contributed by atoms with Crippen molar-refractivity contribution >= 4 is 5.91 Å². The van der Waals surface area contributed by atoms with Gasteiger partial charge in [0.1, 0.15) is 6.10 Å². The summed E-state index contributed by atoms with van der Waals surface area (Å²) in [4.78, 5) is 11.6. The number of hydrogen-bond acceptors (Lipinski definition) is 3. The van der Waals surface area contributed by atoms with Crippen molar-refractivity contribution in [1.82, 2.24) is 10.6 Å². The summed E-state index contributed by atoms with van der Waals surface area (Å²) in [6.45, 7) is 5.31. The molecule has 0 aromatic heterocycles. The molecule has 0 radical (unpaired) electrons. The molecule has 4 heteroatoms. The van der Waals surface area contributed by atoms with E-state index in [-0.39, 0.29) is 18.6 Å². The Balaban J connectivity index is 2.21. The van der Waals surface area contributed by atoms with Gasteiger partial charge in [-0.25, -0.2) is 0 Å². The Morgan fingerprint density at radius 3 is 2.68 bits per heavy atom. The quantitative estimate of drug-likeness (QED) is 0.686. The van der Waals surface area contributed by atoms with Crippen molar-refractivity contribution in [2.24, 2.45) is 0 Å². The van der Waals surface area contributed by atoms with Crippen molar-refractivity contribution in [3.8, 4) is 12.3 Å². The fourth-order valence-electron chi connectivity index (χ4n) is 2.38. The Bertz CT molecular complexity index is 304. The predicted molar refractivity (Wildman–Crippen MR) is 76.7 cm³/mol. The van der Waals surface area contributed by atoms with Crippen molar-refractivity contribution in [2.75, 3.05) is 13.1 Å². The number of nitrogens with one attached hydrogen (secondary N) is 2. The first-order valence-electron chi connectivity index (χ1n) is 7.27. The van der Waals surface area contributed by atoms with Gasteiger partial charge in [0.15, 0.2) is 0 Å². The number of carbonyl (C=O) groups excluding carboxylic acids is 1. The van der Waals surface area contributed by atoms with Gasteiger partial charge in [-0.05, 0) is 45.6 Å². The minimum Gasteiger partial charge on any atom is -0.365 e. The van der Waals surface area contributed by atoms with Crippen LogP contribution in [0.15, 0.2) is 0 Å². The minimum atomic E-state index is -0.418. The molecule has 1 saturated carbocycles. The molecule has 2 N–H and O–H groups in total. The maximum Gasteiger partial charge on any atom is 0.249 e. The van der Waals surface area contributed by atoms with Crippen molar-refractivity contribution in [3.63, 3.8) is 0 Å². The zero-order valence-electron chi connectivity index (χ0n) is 12.1. The highest BCUT2D eigenvalue weighted by Crippen LogP contribution is 2.22. The van der Waals surface area contributed by atoms with Gasteiger partial charge in [0.25, 0.3) is 0 Å². The lowest BCUT2D eigenvalue weighted by atomic mass is 9.93. The molecule has 1 fully saturated rings. The van der Waals surface area contributed by atoms with E-state index < -0.39 is 6.10 Å². The third-order valence-electron chi connectivity index (χ3n) is 3.49. The Hall–Kier alpha value is -1.05. The van der Waals surface area contributed by atoms with Crippen molar-refractivity contribution in [2.45, 2.75) is 64.2 Å². The predicted octanol–water partition coefficient (Wildman–Crippen LogP) is 1.45. The summed E-state index contributed by atoms with van der Waals surface area (Å²) >= 11 is 0. The molecule has 1 unspecified atom stereocenters. The number of amides is 1. The van der Waals surface area contributed by atoms with Crippen LogP contribution in [-0.4, -0.2) is 37.2 Å². The van der Waals surface area contributed by atoms with Crippen LogP contribution in [0.5, 0.6) is 0 Å². The van der Waals surface area contributed by atoms with E-state index in [4.69, 9.17) is 11.2 Å². The number of carbonyl (C=O) groups is 1. The second-order valence-electron chi connectivity index (χ2n) is 5.13. The molecule has 1 aliphatic rings. The topological polar surface area (TPSA) is 50.4 Å². The summed E-state index contributed by atoms with van der Waals surface area (Å²) in [5, 5.41) is 6.18. The number of ether oxygens (including phenoxy) is 1. The van der Waals surface area contributed by atoms with Crippen LogP contribution in [0.1, 0.15) is 46.0 Å². The molecule has 0 aromatic carbocycles. The van der Waals surface area contributed by atoms with Crippen LogP contribution in [0, 0.1) is 12.3 Å². The van der Waals surface area contributed by atoms with E-state index >= 15 is 0 Å². The molecule has 0 aliphatic heterocycles. The van der Waals surface area contributed by atoms with E-state index in [1.807, 2.05) is 0 Å². The Kier molecular flexibility index (Phi) is 7.54. The molecule has 1 amide bonds. The monoisotopic (exact) mass is 266 g/mol. The van der Waals surface area contributed by atoms with Crippen LogP contribution in [0.2, 0.25) is 0 Å². The molecule has 0 heterocycles. The first-order valence-corrected chi connectivity index (χ1v) is 7.27. The number of terminal acetylenes is 1. The van der Waals surface area contributed by atoms with Gasteiger partial charge >= 0.3 is 0 Å². The Morgan fingerprint density at radius 2 is 2.11 bits per heavy atom. The second-order valence-corrected chi connectivity index (χ2v) is 5.13. The smallest absolute Gasteiger partial charge is 0.249 e. The molecular weight excluding hydrogens is 240 g/mol. The standard InChI is InChI=1S/C15H26N2O2/c1-4-10-16-13-6-8-14(9-7-13)19-12(3)15(18)17-11-5-2/h2,12-14,16H,4,6-11H2,1,3H3,(H,17,18). The fraction of sp³-hybridized carbons (Fsp3) is 0.800. The molecule has 1 aliphatic carbocycles. The van der Waals surface area contributed by atoms with E-state index in [1.54, 1.807) is 6.92 Å². The lowest BCUT2D eigenvalue weighted by molar-refractivity contribution is -0.136.